The van der Waals surface area contributed by atoms with Crippen LogP contribution in [0, 0.1) is 19.7 Å². The first-order valence-corrected chi connectivity index (χ1v) is 8.58. The van der Waals surface area contributed by atoms with E-state index in [0.29, 0.717) is 11.1 Å². The van der Waals surface area contributed by atoms with Crippen molar-refractivity contribution in [2.75, 3.05) is 0 Å². The molecule has 0 atom stereocenters. The van der Waals surface area contributed by atoms with Gasteiger partial charge in [-0.1, -0.05) is 34.1 Å². The molecule has 1 N–H and O–H groups in total. The summed E-state index contributed by atoms with van der Waals surface area (Å²) in [7, 11) is -3.69. The number of hydrogen-bond acceptors (Lipinski definition) is 2. The van der Waals surface area contributed by atoms with Gasteiger partial charge in [0.15, 0.2) is 0 Å². The van der Waals surface area contributed by atoms with Crippen LogP contribution in [0.15, 0.2) is 45.8 Å². The number of nitrogens with one attached hydrogen (secondary N) is 1. The first-order valence-electron chi connectivity index (χ1n) is 6.31. The second kappa shape index (κ2) is 6.25. The average molecular weight is 372 g/mol. The van der Waals surface area contributed by atoms with E-state index in [1.807, 2.05) is 24.3 Å². The molecule has 2 aromatic carbocycles. The summed E-state index contributed by atoms with van der Waals surface area (Å²) < 4.78 is 41.5. The Morgan fingerprint density at radius 3 is 2.29 bits per heavy atom. The summed E-state index contributed by atoms with van der Waals surface area (Å²) >= 11 is 3.37. The van der Waals surface area contributed by atoms with Gasteiger partial charge in [0.05, 0.1) is 4.90 Å². The third-order valence-corrected chi connectivity index (χ3v) is 5.58. The third kappa shape index (κ3) is 3.70. The quantitative estimate of drug-likeness (QED) is 0.890. The molecule has 0 spiro atoms. The first-order chi connectivity index (χ1) is 9.81. The fraction of sp³-hybridized carbons (Fsp3) is 0.200. The Bertz CT molecular complexity index is 752. The van der Waals surface area contributed by atoms with Gasteiger partial charge in [0.25, 0.3) is 0 Å². The Balaban J connectivity index is 2.30. The van der Waals surface area contributed by atoms with E-state index < -0.39 is 15.8 Å². The fourth-order valence-electron chi connectivity index (χ4n) is 2.21. The molecule has 0 saturated carbocycles. The van der Waals surface area contributed by atoms with Gasteiger partial charge in [-0.2, -0.15) is 0 Å². The van der Waals surface area contributed by atoms with E-state index in [2.05, 4.69) is 20.7 Å². The summed E-state index contributed by atoms with van der Waals surface area (Å²) in [6.45, 7) is 3.34. The van der Waals surface area contributed by atoms with Crippen molar-refractivity contribution < 1.29 is 12.8 Å². The van der Waals surface area contributed by atoms with Crippen LogP contribution in [0.5, 0.6) is 0 Å². The van der Waals surface area contributed by atoms with Crippen LogP contribution in [0.3, 0.4) is 0 Å². The van der Waals surface area contributed by atoms with Crippen molar-refractivity contribution in [2.24, 2.45) is 0 Å². The molecular weight excluding hydrogens is 357 g/mol. The number of aryl methyl sites for hydroxylation is 2. The molecule has 2 aromatic rings. The summed E-state index contributed by atoms with van der Waals surface area (Å²) in [5.74, 6) is -0.435. The van der Waals surface area contributed by atoms with E-state index in [4.69, 9.17) is 0 Å². The number of hydrogen-bond donors (Lipinski definition) is 1. The Morgan fingerprint density at radius 1 is 1.14 bits per heavy atom. The van der Waals surface area contributed by atoms with Crippen molar-refractivity contribution >= 4 is 26.0 Å². The zero-order valence-electron chi connectivity index (χ0n) is 11.7. The highest BCUT2D eigenvalue weighted by atomic mass is 79.9. The molecule has 0 amide bonds. The highest BCUT2D eigenvalue weighted by Crippen LogP contribution is 2.22. The lowest BCUT2D eigenvalue weighted by molar-refractivity contribution is 0.578. The van der Waals surface area contributed by atoms with Gasteiger partial charge in [-0.25, -0.2) is 17.5 Å². The van der Waals surface area contributed by atoms with Crippen LogP contribution in [0.25, 0.3) is 0 Å². The zero-order valence-corrected chi connectivity index (χ0v) is 14.1. The monoisotopic (exact) mass is 371 g/mol. The van der Waals surface area contributed by atoms with Gasteiger partial charge >= 0.3 is 0 Å². The van der Waals surface area contributed by atoms with E-state index in [0.717, 1.165) is 10.0 Å². The van der Waals surface area contributed by atoms with Crippen molar-refractivity contribution in [2.45, 2.75) is 25.3 Å². The molecule has 112 valence electrons. The minimum atomic E-state index is -3.69. The lowest BCUT2D eigenvalue weighted by Crippen LogP contribution is -2.25. The van der Waals surface area contributed by atoms with Crippen molar-refractivity contribution in [3.05, 3.63) is 63.4 Å². The maximum absolute atomic E-state index is 13.3. The maximum atomic E-state index is 13.3. The topological polar surface area (TPSA) is 46.2 Å². The molecule has 0 bridgehead atoms. The van der Waals surface area contributed by atoms with E-state index >= 15 is 0 Å². The van der Waals surface area contributed by atoms with Gasteiger partial charge in [0.1, 0.15) is 5.82 Å². The number of sulfonamides is 1. The summed E-state index contributed by atoms with van der Waals surface area (Å²) in [5.41, 5.74) is 1.62. The van der Waals surface area contributed by atoms with E-state index in [9.17, 15) is 12.8 Å². The minimum Gasteiger partial charge on any atom is -0.207 e. The highest BCUT2D eigenvalue weighted by Gasteiger charge is 2.20. The van der Waals surface area contributed by atoms with Crippen LogP contribution in [-0.4, -0.2) is 8.42 Å². The predicted octanol–water partition coefficient (Wildman–Crippen LogP) is 3.68. The lowest BCUT2D eigenvalue weighted by Gasteiger charge is -2.13. The van der Waals surface area contributed by atoms with Crippen LogP contribution in [0.4, 0.5) is 4.39 Å². The molecule has 0 saturated heterocycles. The SMILES string of the molecule is Cc1cc(F)cc(C)c1S(=O)(=O)NCc1ccccc1Br. The molecule has 6 heteroatoms. The van der Waals surface area contributed by atoms with Crippen LogP contribution >= 0.6 is 15.9 Å². The van der Waals surface area contributed by atoms with Crippen molar-refractivity contribution in [1.29, 1.82) is 0 Å². The summed E-state index contributed by atoms with van der Waals surface area (Å²) in [6.07, 6.45) is 0. The van der Waals surface area contributed by atoms with Crippen molar-refractivity contribution in [1.82, 2.24) is 4.72 Å². The second-order valence-corrected chi connectivity index (χ2v) is 7.34. The van der Waals surface area contributed by atoms with Crippen molar-refractivity contribution in [3.8, 4) is 0 Å². The summed E-state index contributed by atoms with van der Waals surface area (Å²) in [4.78, 5) is 0.135. The molecule has 0 unspecified atom stereocenters. The smallest absolute Gasteiger partial charge is 0.207 e. The molecular formula is C15H15BrFNO2S. The zero-order chi connectivity index (χ0) is 15.6. The maximum Gasteiger partial charge on any atom is 0.241 e. The minimum absolute atomic E-state index is 0.135. The number of halogens is 2. The van der Waals surface area contributed by atoms with Gasteiger partial charge in [-0.15, -0.1) is 0 Å². The van der Waals surface area contributed by atoms with Gasteiger partial charge in [0.2, 0.25) is 10.0 Å². The van der Waals surface area contributed by atoms with Crippen LogP contribution < -0.4 is 4.72 Å². The van der Waals surface area contributed by atoms with E-state index in [-0.39, 0.29) is 11.4 Å². The van der Waals surface area contributed by atoms with Gasteiger partial charge in [0, 0.05) is 11.0 Å². The molecule has 0 aliphatic rings. The molecule has 0 aromatic heterocycles. The Kier molecular flexibility index (Phi) is 4.81. The third-order valence-electron chi connectivity index (χ3n) is 3.10. The average Bonchev–Trinajstić information content (AvgIpc) is 2.36. The molecule has 0 heterocycles. The standard InChI is InChI=1S/C15H15BrFNO2S/c1-10-7-13(17)8-11(2)15(10)21(19,20)18-9-12-5-3-4-6-14(12)16/h3-8,18H,9H2,1-2H3. The Labute approximate surface area is 132 Å². The highest BCUT2D eigenvalue weighted by molar-refractivity contribution is 9.10. The molecule has 0 radical (unpaired) electrons. The summed E-state index contributed by atoms with van der Waals surface area (Å²) in [5, 5.41) is 0. The molecule has 0 aliphatic carbocycles. The largest absolute Gasteiger partial charge is 0.241 e. The van der Waals surface area contributed by atoms with E-state index in [1.165, 1.54) is 12.1 Å². The molecule has 3 nitrogen and oxygen atoms in total. The molecule has 0 aliphatic heterocycles. The molecule has 2 rings (SSSR count). The van der Waals surface area contributed by atoms with Crippen molar-refractivity contribution in [3.63, 3.8) is 0 Å². The molecule has 0 fully saturated rings. The van der Waals surface area contributed by atoms with Crippen LogP contribution in [0.1, 0.15) is 16.7 Å². The fourth-order valence-corrected chi connectivity index (χ4v) is 4.09. The lowest BCUT2D eigenvalue weighted by atomic mass is 10.1. The normalized spacial score (nSPS) is 11.6. The van der Waals surface area contributed by atoms with Gasteiger partial charge in [-0.3, -0.25) is 0 Å². The molecule has 21 heavy (non-hydrogen) atoms. The Morgan fingerprint density at radius 2 is 1.71 bits per heavy atom. The predicted molar refractivity (Wildman–Crippen MR) is 84.0 cm³/mol. The first kappa shape index (κ1) is 16.1. The van der Waals surface area contributed by atoms with E-state index in [1.54, 1.807) is 13.8 Å². The Hall–Kier alpha value is -1.24. The van der Waals surface area contributed by atoms with Gasteiger partial charge in [-0.05, 0) is 48.7 Å². The summed E-state index contributed by atoms with van der Waals surface area (Å²) in [6, 6.07) is 9.81. The van der Waals surface area contributed by atoms with Crippen LogP contribution in [0.2, 0.25) is 0 Å². The van der Waals surface area contributed by atoms with Gasteiger partial charge < -0.3 is 0 Å². The number of benzene rings is 2. The van der Waals surface area contributed by atoms with Crippen LogP contribution in [-0.2, 0) is 16.6 Å². The second-order valence-electron chi connectivity index (χ2n) is 4.78. The number of rotatable bonds is 4.